The van der Waals surface area contributed by atoms with E-state index in [2.05, 4.69) is 178 Å². The molecule has 240 valence electrons. The Morgan fingerprint density at radius 2 is 1.08 bits per heavy atom. The summed E-state index contributed by atoms with van der Waals surface area (Å²) < 4.78 is 0. The molecule has 2 aliphatic rings. The molecule has 1 heteroatoms. The lowest BCUT2D eigenvalue weighted by molar-refractivity contribution is 0.755. The van der Waals surface area contributed by atoms with Gasteiger partial charge in [0.2, 0.25) is 0 Å². The van der Waals surface area contributed by atoms with Gasteiger partial charge in [0.05, 0.1) is 11.1 Å². The van der Waals surface area contributed by atoms with E-state index >= 15 is 0 Å². The van der Waals surface area contributed by atoms with Gasteiger partial charge in [-0.15, -0.1) is 0 Å². The van der Waals surface area contributed by atoms with Crippen molar-refractivity contribution in [2.24, 2.45) is 4.99 Å². The number of hydrogen-bond donors (Lipinski definition) is 0. The first kappa shape index (κ1) is 30.3. The SMILES string of the molecule is CCCc1ccc(-c2ccc(/C(C)=N/C3=C(Cc4cccc5ccccc45)c4ccccc4C34c3ccccc3-c3ccccc34)cc2)cc1. The number of nitrogens with zero attached hydrogens (tertiary/aromatic N) is 1. The number of allylic oxidation sites excluding steroid dienone is 2. The lowest BCUT2D eigenvalue weighted by Crippen LogP contribution is -2.27. The third kappa shape index (κ3) is 4.72. The van der Waals surface area contributed by atoms with Crippen molar-refractivity contribution in [2.75, 3.05) is 0 Å². The van der Waals surface area contributed by atoms with Crippen LogP contribution >= 0.6 is 0 Å². The molecule has 0 atom stereocenters. The predicted octanol–water partition coefficient (Wildman–Crippen LogP) is 12.3. The molecule has 1 nitrogen and oxygen atoms in total. The summed E-state index contributed by atoms with van der Waals surface area (Å²) in [6.45, 7) is 4.41. The third-order valence-corrected chi connectivity index (χ3v) is 10.9. The van der Waals surface area contributed by atoms with Gasteiger partial charge < -0.3 is 0 Å². The van der Waals surface area contributed by atoms with Gasteiger partial charge in [-0.3, -0.25) is 4.99 Å². The van der Waals surface area contributed by atoms with Crippen LogP contribution in [0, 0.1) is 0 Å². The zero-order valence-electron chi connectivity index (χ0n) is 28.7. The van der Waals surface area contributed by atoms with Crippen molar-refractivity contribution in [3.63, 3.8) is 0 Å². The minimum absolute atomic E-state index is 0.509. The second kappa shape index (κ2) is 12.3. The first-order chi connectivity index (χ1) is 24.7. The van der Waals surface area contributed by atoms with Crippen LogP contribution in [0.1, 0.15) is 59.2 Å². The maximum atomic E-state index is 5.78. The lowest BCUT2D eigenvalue weighted by atomic mass is 9.72. The van der Waals surface area contributed by atoms with Crippen LogP contribution in [0.15, 0.2) is 174 Å². The highest BCUT2D eigenvalue weighted by molar-refractivity contribution is 6.03. The minimum atomic E-state index is -0.509. The molecule has 1 spiro atoms. The smallest absolute Gasteiger partial charge is 0.0894 e. The summed E-state index contributed by atoms with van der Waals surface area (Å²) in [5.74, 6) is 0. The summed E-state index contributed by atoms with van der Waals surface area (Å²) in [7, 11) is 0. The molecule has 7 aromatic carbocycles. The molecule has 2 aliphatic carbocycles. The Balaban J connectivity index is 1.25. The van der Waals surface area contributed by atoms with E-state index in [1.54, 1.807) is 0 Å². The Labute approximate surface area is 295 Å². The Morgan fingerprint density at radius 3 is 1.74 bits per heavy atom. The molecule has 0 heterocycles. The average Bonchev–Trinajstić information content (AvgIpc) is 3.62. The van der Waals surface area contributed by atoms with E-state index < -0.39 is 5.41 Å². The molecule has 0 saturated carbocycles. The molecule has 0 unspecified atom stereocenters. The van der Waals surface area contributed by atoms with Crippen LogP contribution in [0.25, 0.3) is 38.6 Å². The van der Waals surface area contributed by atoms with Gasteiger partial charge in [-0.05, 0) is 90.9 Å². The molecule has 50 heavy (non-hydrogen) atoms. The van der Waals surface area contributed by atoms with Crippen molar-refractivity contribution < 1.29 is 0 Å². The van der Waals surface area contributed by atoms with Crippen molar-refractivity contribution in [3.8, 4) is 22.3 Å². The van der Waals surface area contributed by atoms with Gasteiger partial charge in [0, 0.05) is 12.1 Å². The van der Waals surface area contributed by atoms with Crippen molar-refractivity contribution in [3.05, 3.63) is 208 Å². The number of fused-ring (bicyclic) bond motifs is 8. The van der Waals surface area contributed by atoms with Gasteiger partial charge in [0.25, 0.3) is 0 Å². The molecular formula is C49H39N. The van der Waals surface area contributed by atoms with Gasteiger partial charge in [-0.25, -0.2) is 0 Å². The van der Waals surface area contributed by atoms with Crippen LogP contribution in [0.3, 0.4) is 0 Å². The maximum Gasteiger partial charge on any atom is 0.0894 e. The van der Waals surface area contributed by atoms with E-state index in [4.69, 9.17) is 4.99 Å². The molecule has 0 aliphatic heterocycles. The van der Waals surface area contributed by atoms with Crippen LogP contribution in [0.5, 0.6) is 0 Å². The molecule has 0 bridgehead atoms. The van der Waals surface area contributed by atoms with Crippen LogP contribution < -0.4 is 0 Å². The molecule has 7 aromatic rings. The fourth-order valence-electron chi connectivity index (χ4n) is 8.59. The standard InChI is InChI=1S/C49H39N/c1-3-13-34-24-26-36(27-25-34)37-30-28-35(29-31-37)33(2)50-48-44(32-39-16-12-15-38-14-4-5-17-40(38)39)43-20-8-11-23-47(43)49(48)45-21-9-6-18-41(45)42-19-7-10-22-46(42)49/h4-12,14-31H,3,13,32H2,1-2H3/b50-33+. The van der Waals surface area contributed by atoms with Crippen LogP contribution in [-0.4, -0.2) is 5.71 Å². The van der Waals surface area contributed by atoms with Crippen molar-refractivity contribution in [1.29, 1.82) is 0 Å². The fraction of sp³-hybridized carbons (Fsp3) is 0.122. The molecule has 0 radical (unpaired) electrons. The first-order valence-electron chi connectivity index (χ1n) is 17.9. The zero-order chi connectivity index (χ0) is 33.7. The van der Waals surface area contributed by atoms with Gasteiger partial charge in [-0.2, -0.15) is 0 Å². The highest BCUT2D eigenvalue weighted by Crippen LogP contribution is 2.62. The number of aliphatic imine (C=N–C) groups is 1. The summed E-state index contributed by atoms with van der Waals surface area (Å²) in [4.78, 5) is 5.78. The molecule has 0 saturated heterocycles. The number of aryl methyl sites for hydroxylation is 1. The van der Waals surface area contributed by atoms with E-state index in [-0.39, 0.29) is 0 Å². The van der Waals surface area contributed by atoms with Crippen LogP contribution in [-0.2, 0) is 18.3 Å². The topological polar surface area (TPSA) is 12.4 Å². The zero-order valence-corrected chi connectivity index (χ0v) is 28.7. The molecule has 0 aromatic heterocycles. The second-order valence-corrected chi connectivity index (χ2v) is 13.8. The van der Waals surface area contributed by atoms with E-state index in [9.17, 15) is 0 Å². The summed E-state index contributed by atoms with van der Waals surface area (Å²) in [5, 5.41) is 2.57. The molecule has 0 amide bonds. The molecule has 9 rings (SSSR count). The molecule has 0 N–H and O–H groups in total. The summed E-state index contributed by atoms with van der Waals surface area (Å²) >= 11 is 0. The van der Waals surface area contributed by atoms with Gasteiger partial charge in [0.15, 0.2) is 0 Å². The number of hydrogen-bond acceptors (Lipinski definition) is 1. The van der Waals surface area contributed by atoms with Crippen molar-refractivity contribution >= 4 is 22.1 Å². The van der Waals surface area contributed by atoms with Gasteiger partial charge in [-0.1, -0.05) is 177 Å². The van der Waals surface area contributed by atoms with Crippen molar-refractivity contribution in [2.45, 2.75) is 38.5 Å². The second-order valence-electron chi connectivity index (χ2n) is 13.8. The minimum Gasteiger partial charge on any atom is -0.256 e. The highest BCUT2D eigenvalue weighted by atomic mass is 14.8. The third-order valence-electron chi connectivity index (χ3n) is 10.9. The Hall–Kier alpha value is -5.79. The number of rotatable bonds is 7. The Morgan fingerprint density at radius 1 is 0.540 bits per heavy atom. The van der Waals surface area contributed by atoms with E-state index in [0.29, 0.717) is 0 Å². The Kier molecular flexibility index (Phi) is 7.43. The van der Waals surface area contributed by atoms with Gasteiger partial charge >= 0.3 is 0 Å². The maximum absolute atomic E-state index is 5.78. The fourth-order valence-corrected chi connectivity index (χ4v) is 8.59. The van der Waals surface area contributed by atoms with Crippen LogP contribution in [0.2, 0.25) is 0 Å². The van der Waals surface area contributed by atoms with Crippen molar-refractivity contribution in [1.82, 2.24) is 0 Å². The predicted molar refractivity (Wildman–Crippen MR) is 211 cm³/mol. The van der Waals surface area contributed by atoms with Gasteiger partial charge in [0.1, 0.15) is 0 Å². The number of benzene rings is 7. The average molecular weight is 642 g/mol. The van der Waals surface area contributed by atoms with Crippen LogP contribution in [0.4, 0.5) is 0 Å². The highest BCUT2D eigenvalue weighted by Gasteiger charge is 2.53. The lowest BCUT2D eigenvalue weighted by Gasteiger charge is -2.31. The Bertz CT molecular complexity index is 2410. The largest absolute Gasteiger partial charge is 0.256 e. The molecular weight excluding hydrogens is 603 g/mol. The van der Waals surface area contributed by atoms with E-state index in [1.165, 1.54) is 72.0 Å². The first-order valence-corrected chi connectivity index (χ1v) is 17.9. The van der Waals surface area contributed by atoms with E-state index in [1.807, 2.05) is 0 Å². The molecule has 0 fully saturated rings. The summed E-state index contributed by atoms with van der Waals surface area (Å²) in [6, 6.07) is 60.5. The monoisotopic (exact) mass is 641 g/mol. The quantitative estimate of drug-likeness (QED) is 0.154. The van der Waals surface area contributed by atoms with E-state index in [0.717, 1.165) is 36.2 Å². The normalized spacial score (nSPS) is 14.2. The summed E-state index contributed by atoms with van der Waals surface area (Å²) in [6.07, 6.45) is 3.08. The summed E-state index contributed by atoms with van der Waals surface area (Å²) in [5.41, 5.74) is 17.1.